The number of methoxy groups -OCH3 is 2. The Labute approximate surface area is 163 Å². The van der Waals surface area contributed by atoms with Crippen LogP contribution in [0.5, 0.6) is 11.5 Å². The van der Waals surface area contributed by atoms with Crippen molar-refractivity contribution >= 4 is 23.8 Å². The average molecular weight is 402 g/mol. The smallest absolute Gasteiger partial charge is 0.342 e. The topological polar surface area (TPSA) is 94.7 Å². The van der Waals surface area contributed by atoms with Gasteiger partial charge >= 0.3 is 5.97 Å². The van der Waals surface area contributed by atoms with Gasteiger partial charge in [-0.25, -0.2) is 9.18 Å². The normalized spacial score (nSPS) is 11.3. The van der Waals surface area contributed by atoms with Gasteiger partial charge in [0.05, 0.1) is 14.2 Å². The molecule has 1 N–H and O–H groups in total. The number of hydrogen-bond acceptors (Lipinski definition) is 7. The lowest BCUT2D eigenvalue weighted by Crippen LogP contribution is -1.97. The fraction of sp³-hybridized carbons (Fsp3) is 0.105. The molecular weight excluding hydrogens is 387 g/mol. The molecule has 9 heteroatoms. The lowest BCUT2D eigenvalue weighted by molar-refractivity contribution is -0.131. The van der Waals surface area contributed by atoms with Crippen LogP contribution in [-0.2, 0) is 4.79 Å². The second-order valence-corrected chi connectivity index (χ2v) is 6.40. The summed E-state index contributed by atoms with van der Waals surface area (Å²) in [6.45, 7) is 0. The number of benzene rings is 2. The minimum absolute atomic E-state index is 0.0264. The van der Waals surface area contributed by atoms with Gasteiger partial charge in [0, 0.05) is 5.56 Å². The maximum atomic E-state index is 13.0. The second kappa shape index (κ2) is 8.57. The van der Waals surface area contributed by atoms with Crippen molar-refractivity contribution in [3.8, 4) is 23.0 Å². The lowest BCUT2D eigenvalue weighted by Gasteiger charge is -2.08. The summed E-state index contributed by atoms with van der Waals surface area (Å²) in [5.41, 5.74) is 1.13. The first-order valence-electron chi connectivity index (χ1n) is 7.94. The molecule has 0 fully saturated rings. The zero-order valence-electron chi connectivity index (χ0n) is 14.9. The van der Waals surface area contributed by atoms with E-state index in [0.717, 1.165) is 11.8 Å². The Morgan fingerprint density at radius 2 is 1.82 bits per heavy atom. The highest BCUT2D eigenvalue weighted by molar-refractivity contribution is 8.03. The fourth-order valence-electron chi connectivity index (χ4n) is 2.28. The molecule has 0 aliphatic rings. The van der Waals surface area contributed by atoms with E-state index in [1.165, 1.54) is 44.6 Å². The van der Waals surface area contributed by atoms with Gasteiger partial charge in [-0.1, -0.05) is 6.07 Å². The third kappa shape index (κ3) is 4.49. The second-order valence-electron chi connectivity index (χ2n) is 5.41. The maximum absolute atomic E-state index is 13.0. The predicted octanol–water partition coefficient (Wildman–Crippen LogP) is 4.11. The molecule has 7 nitrogen and oxygen atoms in total. The van der Waals surface area contributed by atoms with Crippen molar-refractivity contribution in [1.29, 1.82) is 0 Å². The first kappa shape index (κ1) is 19.4. The number of carbonyl (C=O) groups is 1. The summed E-state index contributed by atoms with van der Waals surface area (Å²) >= 11 is 0.809. The van der Waals surface area contributed by atoms with Gasteiger partial charge in [0.2, 0.25) is 5.89 Å². The molecule has 0 radical (unpaired) electrons. The molecule has 28 heavy (non-hydrogen) atoms. The standard InChI is InChI=1S/C19H15FN2O5S/c1-25-14-8-3-11(9-15(14)26-2)10-16(18(23)24)28-19-22-21-17(27-19)12-4-6-13(20)7-5-12/h3-10H,1-2H3,(H,23,24)/b16-10+. The quantitative estimate of drug-likeness (QED) is 0.466. The van der Waals surface area contributed by atoms with Crippen molar-refractivity contribution in [3.63, 3.8) is 0 Å². The summed E-state index contributed by atoms with van der Waals surface area (Å²) in [4.78, 5) is 11.6. The molecule has 0 unspecified atom stereocenters. The molecule has 3 rings (SSSR count). The van der Waals surface area contributed by atoms with Gasteiger partial charge in [0.15, 0.2) is 11.5 Å². The first-order chi connectivity index (χ1) is 13.5. The number of carboxylic acids is 1. The van der Waals surface area contributed by atoms with Gasteiger partial charge in [-0.2, -0.15) is 0 Å². The van der Waals surface area contributed by atoms with E-state index in [0.29, 0.717) is 22.6 Å². The lowest BCUT2D eigenvalue weighted by atomic mass is 10.2. The molecule has 0 aliphatic carbocycles. The van der Waals surface area contributed by atoms with E-state index in [1.54, 1.807) is 18.2 Å². The Morgan fingerprint density at radius 1 is 1.11 bits per heavy atom. The largest absolute Gasteiger partial charge is 0.493 e. The predicted molar refractivity (Wildman–Crippen MR) is 101 cm³/mol. The van der Waals surface area contributed by atoms with Crippen molar-refractivity contribution < 1.29 is 28.2 Å². The monoisotopic (exact) mass is 402 g/mol. The van der Waals surface area contributed by atoms with Gasteiger partial charge in [-0.05, 0) is 59.8 Å². The van der Waals surface area contributed by atoms with Crippen molar-refractivity contribution in [2.45, 2.75) is 5.22 Å². The average Bonchev–Trinajstić information content (AvgIpc) is 3.16. The van der Waals surface area contributed by atoms with Gasteiger partial charge < -0.3 is 19.0 Å². The molecule has 3 aromatic rings. The molecule has 0 saturated carbocycles. The molecule has 2 aromatic carbocycles. The molecular formula is C19H15FN2O5S. The van der Waals surface area contributed by atoms with Crippen molar-refractivity contribution in [2.75, 3.05) is 14.2 Å². The number of nitrogens with zero attached hydrogens (tertiary/aromatic N) is 2. The van der Waals surface area contributed by atoms with Crippen LogP contribution in [0, 0.1) is 5.82 Å². The number of thioether (sulfide) groups is 1. The van der Waals surface area contributed by atoms with Crippen LogP contribution in [0.3, 0.4) is 0 Å². The number of carboxylic acid groups (broad SMARTS) is 1. The fourth-order valence-corrected chi connectivity index (χ4v) is 2.96. The van der Waals surface area contributed by atoms with Gasteiger partial charge in [0.1, 0.15) is 10.7 Å². The summed E-state index contributed by atoms with van der Waals surface area (Å²) in [5, 5.41) is 17.3. The molecule has 0 bridgehead atoms. The molecule has 0 amide bonds. The minimum Gasteiger partial charge on any atom is -0.493 e. The summed E-state index contributed by atoms with van der Waals surface area (Å²) in [5.74, 6) is -0.365. The highest BCUT2D eigenvalue weighted by Gasteiger charge is 2.16. The van der Waals surface area contributed by atoms with Crippen LogP contribution in [0.4, 0.5) is 4.39 Å². The molecule has 144 valence electrons. The molecule has 1 heterocycles. The van der Waals surface area contributed by atoms with Gasteiger partial charge in [-0.3, -0.25) is 0 Å². The van der Waals surface area contributed by atoms with Crippen molar-refractivity contribution in [3.05, 3.63) is 58.8 Å². The van der Waals surface area contributed by atoms with Crippen LogP contribution >= 0.6 is 11.8 Å². The molecule has 0 aliphatic heterocycles. The van der Waals surface area contributed by atoms with Gasteiger partial charge in [0.25, 0.3) is 5.22 Å². The zero-order chi connectivity index (χ0) is 20.1. The van der Waals surface area contributed by atoms with Crippen LogP contribution in [0.25, 0.3) is 17.5 Å². The summed E-state index contributed by atoms with van der Waals surface area (Å²) < 4.78 is 28.9. The van der Waals surface area contributed by atoms with E-state index >= 15 is 0 Å². The Morgan fingerprint density at radius 3 is 2.46 bits per heavy atom. The summed E-state index contributed by atoms with van der Waals surface area (Å²) in [6, 6.07) is 10.6. The zero-order valence-corrected chi connectivity index (χ0v) is 15.7. The summed E-state index contributed by atoms with van der Waals surface area (Å²) in [6.07, 6.45) is 1.46. The number of aromatic nitrogens is 2. The van der Waals surface area contributed by atoms with Crippen molar-refractivity contribution in [1.82, 2.24) is 10.2 Å². The third-order valence-electron chi connectivity index (χ3n) is 3.61. The molecule has 1 aromatic heterocycles. The van der Waals surface area contributed by atoms with E-state index < -0.39 is 5.97 Å². The van der Waals surface area contributed by atoms with Crippen LogP contribution in [0.2, 0.25) is 0 Å². The van der Waals surface area contributed by atoms with E-state index in [4.69, 9.17) is 13.9 Å². The van der Waals surface area contributed by atoms with Crippen LogP contribution in [0.15, 0.2) is 57.0 Å². The first-order valence-corrected chi connectivity index (χ1v) is 8.76. The molecule has 0 saturated heterocycles. The van der Waals surface area contributed by atoms with Crippen LogP contribution in [-0.4, -0.2) is 35.5 Å². The molecule has 0 spiro atoms. The van der Waals surface area contributed by atoms with E-state index in [2.05, 4.69) is 10.2 Å². The number of ether oxygens (including phenoxy) is 2. The van der Waals surface area contributed by atoms with E-state index in [9.17, 15) is 14.3 Å². The van der Waals surface area contributed by atoms with Gasteiger partial charge in [-0.15, -0.1) is 10.2 Å². The van der Waals surface area contributed by atoms with E-state index in [-0.39, 0.29) is 21.8 Å². The third-order valence-corrected chi connectivity index (χ3v) is 4.46. The highest BCUT2D eigenvalue weighted by atomic mass is 32.2. The highest BCUT2D eigenvalue weighted by Crippen LogP contribution is 2.32. The maximum Gasteiger partial charge on any atom is 0.342 e. The van der Waals surface area contributed by atoms with E-state index in [1.807, 2.05) is 0 Å². The van der Waals surface area contributed by atoms with Crippen molar-refractivity contribution in [2.24, 2.45) is 0 Å². The summed E-state index contributed by atoms with van der Waals surface area (Å²) in [7, 11) is 3.01. The SMILES string of the molecule is COc1ccc(/C=C(/Sc2nnc(-c3ccc(F)cc3)o2)C(=O)O)cc1OC. The molecule has 0 atom stereocenters. The number of halogens is 1. The Kier molecular flexibility index (Phi) is 5.95. The number of aliphatic carboxylic acids is 1. The Hall–Kier alpha value is -3.33. The Bertz CT molecular complexity index is 1020. The Balaban J connectivity index is 1.85. The van der Waals surface area contributed by atoms with Crippen LogP contribution < -0.4 is 9.47 Å². The van der Waals surface area contributed by atoms with Crippen LogP contribution in [0.1, 0.15) is 5.56 Å². The number of rotatable bonds is 7. The minimum atomic E-state index is -1.15. The number of hydrogen-bond donors (Lipinski definition) is 1.